The predicted molar refractivity (Wildman–Crippen MR) is 106 cm³/mol. The van der Waals surface area contributed by atoms with Crippen molar-refractivity contribution in [2.75, 3.05) is 19.1 Å². The van der Waals surface area contributed by atoms with Gasteiger partial charge in [-0.3, -0.25) is 0 Å². The molecule has 1 aliphatic heterocycles. The van der Waals surface area contributed by atoms with Crippen molar-refractivity contribution in [1.29, 1.82) is 0 Å². The number of carbonyl (C=O) groups is 2. The highest BCUT2D eigenvalue weighted by atomic mass is 35.5. The van der Waals surface area contributed by atoms with Crippen LogP contribution in [0.2, 0.25) is 5.02 Å². The van der Waals surface area contributed by atoms with Crippen LogP contribution in [0, 0.1) is 6.92 Å². The van der Waals surface area contributed by atoms with Gasteiger partial charge < -0.3 is 14.4 Å². The molecule has 0 unspecified atom stereocenters. The second kappa shape index (κ2) is 7.98. The SMILES string of the molecule is COC(=O)C1=CN(c2ccc(C)c(Cl)c2)C=C(C(=O)OC)C1c1cccs1. The smallest absolute Gasteiger partial charge is 0.336 e. The van der Waals surface area contributed by atoms with Gasteiger partial charge in [0.05, 0.1) is 31.3 Å². The number of anilines is 1. The normalized spacial score (nSPS) is 14.4. The lowest BCUT2D eigenvalue weighted by atomic mass is 9.88. The molecule has 140 valence electrons. The fraction of sp³-hybridized carbons (Fsp3) is 0.200. The van der Waals surface area contributed by atoms with E-state index in [4.69, 9.17) is 21.1 Å². The first-order valence-corrected chi connectivity index (χ1v) is 9.40. The van der Waals surface area contributed by atoms with Crippen molar-refractivity contribution in [1.82, 2.24) is 0 Å². The number of halogens is 1. The molecule has 0 bridgehead atoms. The number of hydrogen-bond acceptors (Lipinski definition) is 6. The Balaban J connectivity index is 2.16. The summed E-state index contributed by atoms with van der Waals surface area (Å²) in [6, 6.07) is 9.26. The van der Waals surface area contributed by atoms with Gasteiger partial charge in [0.25, 0.3) is 0 Å². The van der Waals surface area contributed by atoms with E-state index in [0.29, 0.717) is 16.2 Å². The van der Waals surface area contributed by atoms with Crippen LogP contribution in [-0.2, 0) is 19.1 Å². The molecule has 0 amide bonds. The Morgan fingerprint density at radius 2 is 1.70 bits per heavy atom. The Morgan fingerprint density at radius 1 is 1.07 bits per heavy atom. The molecule has 27 heavy (non-hydrogen) atoms. The zero-order valence-corrected chi connectivity index (χ0v) is 16.6. The lowest BCUT2D eigenvalue weighted by Crippen LogP contribution is -2.28. The van der Waals surface area contributed by atoms with Crippen molar-refractivity contribution >= 4 is 40.6 Å². The molecule has 2 heterocycles. The Kier molecular flexibility index (Phi) is 5.68. The third kappa shape index (κ3) is 3.77. The lowest BCUT2D eigenvalue weighted by Gasteiger charge is -2.29. The lowest BCUT2D eigenvalue weighted by molar-refractivity contribution is -0.137. The Bertz CT molecular complexity index is 899. The van der Waals surface area contributed by atoms with Crippen LogP contribution >= 0.6 is 22.9 Å². The summed E-state index contributed by atoms with van der Waals surface area (Å²) in [5, 5.41) is 2.49. The molecule has 0 saturated carbocycles. The van der Waals surface area contributed by atoms with Gasteiger partial charge in [-0.25, -0.2) is 9.59 Å². The van der Waals surface area contributed by atoms with Gasteiger partial charge in [0.2, 0.25) is 0 Å². The van der Waals surface area contributed by atoms with E-state index < -0.39 is 17.9 Å². The van der Waals surface area contributed by atoms with Gasteiger partial charge in [0.15, 0.2) is 0 Å². The van der Waals surface area contributed by atoms with Crippen molar-refractivity contribution in [2.45, 2.75) is 12.8 Å². The minimum absolute atomic E-state index is 0.347. The summed E-state index contributed by atoms with van der Waals surface area (Å²) in [6.45, 7) is 1.90. The number of rotatable bonds is 4. The molecule has 7 heteroatoms. The van der Waals surface area contributed by atoms with Gasteiger partial charge in [-0.2, -0.15) is 0 Å². The van der Waals surface area contributed by atoms with Gasteiger partial charge in [0.1, 0.15) is 0 Å². The van der Waals surface area contributed by atoms with Crippen molar-refractivity contribution in [3.8, 4) is 0 Å². The van der Waals surface area contributed by atoms with Crippen LogP contribution in [0.1, 0.15) is 16.4 Å². The van der Waals surface area contributed by atoms with E-state index in [1.165, 1.54) is 25.6 Å². The van der Waals surface area contributed by atoms with E-state index in [0.717, 1.165) is 16.1 Å². The fourth-order valence-electron chi connectivity index (χ4n) is 2.88. The summed E-state index contributed by atoms with van der Waals surface area (Å²) in [5.41, 5.74) is 2.35. The molecule has 5 nitrogen and oxygen atoms in total. The molecular formula is C20H18ClNO4S. The first-order chi connectivity index (χ1) is 13.0. The second-order valence-electron chi connectivity index (χ2n) is 5.94. The number of nitrogens with zero attached hydrogens (tertiary/aromatic N) is 1. The van der Waals surface area contributed by atoms with E-state index >= 15 is 0 Å². The Labute approximate surface area is 166 Å². The molecule has 3 rings (SSSR count). The first kappa shape index (κ1) is 19.2. The van der Waals surface area contributed by atoms with E-state index in [9.17, 15) is 9.59 Å². The molecule has 0 spiro atoms. The van der Waals surface area contributed by atoms with Crippen LogP contribution in [0.25, 0.3) is 0 Å². The van der Waals surface area contributed by atoms with Crippen LogP contribution in [-0.4, -0.2) is 26.2 Å². The third-order valence-corrected chi connectivity index (χ3v) is 5.65. The Morgan fingerprint density at radius 3 is 2.19 bits per heavy atom. The molecule has 1 aliphatic rings. The average Bonchev–Trinajstić information content (AvgIpc) is 3.22. The quantitative estimate of drug-likeness (QED) is 0.707. The molecule has 0 N–H and O–H groups in total. The number of aryl methyl sites for hydroxylation is 1. The molecule has 0 radical (unpaired) electrons. The van der Waals surface area contributed by atoms with E-state index in [2.05, 4.69) is 0 Å². The monoisotopic (exact) mass is 403 g/mol. The molecule has 0 saturated heterocycles. The van der Waals surface area contributed by atoms with E-state index in [-0.39, 0.29) is 0 Å². The number of benzene rings is 1. The summed E-state index contributed by atoms with van der Waals surface area (Å²) < 4.78 is 9.94. The predicted octanol–water partition coefficient (Wildman–Crippen LogP) is 4.43. The molecule has 0 atom stereocenters. The fourth-order valence-corrected chi connectivity index (χ4v) is 3.92. The summed E-state index contributed by atoms with van der Waals surface area (Å²) in [4.78, 5) is 27.6. The summed E-state index contributed by atoms with van der Waals surface area (Å²) >= 11 is 7.70. The number of thiophene rings is 1. The van der Waals surface area contributed by atoms with E-state index in [1.807, 2.05) is 36.6 Å². The van der Waals surface area contributed by atoms with Gasteiger partial charge in [-0.15, -0.1) is 11.3 Å². The highest BCUT2D eigenvalue weighted by Gasteiger charge is 2.36. The van der Waals surface area contributed by atoms with Crippen molar-refractivity contribution in [3.05, 3.63) is 74.7 Å². The zero-order chi connectivity index (χ0) is 19.6. The van der Waals surface area contributed by atoms with Gasteiger partial charge in [-0.1, -0.05) is 23.7 Å². The van der Waals surface area contributed by atoms with Crippen LogP contribution in [0.15, 0.2) is 59.3 Å². The minimum atomic E-state index is -0.554. The maximum Gasteiger partial charge on any atom is 0.336 e. The van der Waals surface area contributed by atoms with Crippen molar-refractivity contribution in [2.24, 2.45) is 0 Å². The highest BCUT2D eigenvalue weighted by Crippen LogP contribution is 2.40. The zero-order valence-electron chi connectivity index (χ0n) is 15.1. The highest BCUT2D eigenvalue weighted by molar-refractivity contribution is 7.10. The van der Waals surface area contributed by atoms with Crippen LogP contribution < -0.4 is 4.90 Å². The maximum atomic E-state index is 12.5. The van der Waals surface area contributed by atoms with Gasteiger partial charge >= 0.3 is 11.9 Å². The molecule has 0 aliphatic carbocycles. The van der Waals surface area contributed by atoms with Gasteiger partial charge in [-0.05, 0) is 36.1 Å². The first-order valence-electron chi connectivity index (χ1n) is 8.14. The number of hydrogen-bond donors (Lipinski definition) is 0. The van der Waals surface area contributed by atoms with Crippen LogP contribution in [0.5, 0.6) is 0 Å². The van der Waals surface area contributed by atoms with E-state index in [1.54, 1.807) is 23.4 Å². The summed E-state index contributed by atoms with van der Waals surface area (Å²) in [7, 11) is 2.63. The average molecular weight is 404 g/mol. The number of methoxy groups -OCH3 is 2. The molecule has 1 aromatic carbocycles. The standard InChI is InChI=1S/C20H18ClNO4S/c1-12-6-7-13(9-16(12)21)22-10-14(19(23)25-2)18(17-5-4-8-27-17)15(11-22)20(24)26-3/h4-11,18H,1-3H3. The summed E-state index contributed by atoms with van der Waals surface area (Å²) in [5.74, 6) is -1.57. The maximum absolute atomic E-state index is 12.5. The minimum Gasteiger partial charge on any atom is -0.466 e. The van der Waals surface area contributed by atoms with Crippen LogP contribution in [0.4, 0.5) is 5.69 Å². The Hall–Kier alpha value is -2.57. The third-order valence-electron chi connectivity index (χ3n) is 4.30. The largest absolute Gasteiger partial charge is 0.466 e. The number of carbonyl (C=O) groups excluding carboxylic acids is 2. The molecule has 2 aromatic rings. The molecule has 1 aromatic heterocycles. The van der Waals surface area contributed by atoms with Crippen LogP contribution in [0.3, 0.4) is 0 Å². The molecular weight excluding hydrogens is 386 g/mol. The van der Waals surface area contributed by atoms with Crippen molar-refractivity contribution in [3.63, 3.8) is 0 Å². The van der Waals surface area contributed by atoms with Crippen molar-refractivity contribution < 1.29 is 19.1 Å². The number of ether oxygens (including phenoxy) is 2. The number of esters is 2. The van der Waals surface area contributed by atoms with Gasteiger partial charge in [0, 0.05) is 28.0 Å². The summed E-state index contributed by atoms with van der Waals surface area (Å²) in [6.07, 6.45) is 3.34. The topological polar surface area (TPSA) is 55.8 Å². The molecule has 0 fully saturated rings. The second-order valence-corrected chi connectivity index (χ2v) is 7.33.